The highest BCUT2D eigenvalue weighted by molar-refractivity contribution is 5.87. The van der Waals surface area contributed by atoms with Gasteiger partial charge in [0.2, 0.25) is 0 Å². The molecular formula is C20H24O. The van der Waals surface area contributed by atoms with Crippen molar-refractivity contribution in [1.29, 1.82) is 0 Å². The minimum Gasteiger partial charge on any atom is -0.299 e. The summed E-state index contributed by atoms with van der Waals surface area (Å²) in [6.07, 6.45) is 7.51. The van der Waals surface area contributed by atoms with Gasteiger partial charge < -0.3 is 0 Å². The van der Waals surface area contributed by atoms with Crippen LogP contribution in [-0.2, 0) is 4.79 Å². The van der Waals surface area contributed by atoms with Gasteiger partial charge in [-0.05, 0) is 54.6 Å². The zero-order chi connectivity index (χ0) is 14.6. The van der Waals surface area contributed by atoms with E-state index < -0.39 is 0 Å². The molecule has 3 aliphatic rings. The quantitative estimate of drug-likeness (QED) is 0.673. The second kappa shape index (κ2) is 4.56. The Bertz CT molecular complexity index is 602. The van der Waals surface area contributed by atoms with E-state index in [4.69, 9.17) is 0 Å². The first-order chi connectivity index (χ1) is 10.1. The average molecular weight is 280 g/mol. The van der Waals surface area contributed by atoms with Gasteiger partial charge in [-0.25, -0.2) is 0 Å². The minimum atomic E-state index is -0.0286. The van der Waals surface area contributed by atoms with Gasteiger partial charge in [-0.15, -0.1) is 6.58 Å². The number of hydrogen-bond donors (Lipinski definition) is 0. The summed E-state index contributed by atoms with van der Waals surface area (Å²) in [5, 5.41) is 0. The van der Waals surface area contributed by atoms with E-state index in [1.807, 2.05) is 0 Å². The summed E-state index contributed by atoms with van der Waals surface area (Å²) in [6.45, 7) is 6.31. The number of carbonyl (C=O) groups is 1. The van der Waals surface area contributed by atoms with Crippen molar-refractivity contribution in [3.8, 4) is 0 Å². The van der Waals surface area contributed by atoms with Gasteiger partial charge >= 0.3 is 0 Å². The Labute approximate surface area is 127 Å². The lowest BCUT2D eigenvalue weighted by Gasteiger charge is -2.49. The third-order valence-electron chi connectivity index (χ3n) is 6.75. The van der Waals surface area contributed by atoms with Crippen LogP contribution in [0.3, 0.4) is 0 Å². The maximum atomic E-state index is 12.4. The largest absolute Gasteiger partial charge is 0.299 e. The summed E-state index contributed by atoms with van der Waals surface area (Å²) in [7, 11) is 0. The third-order valence-corrected chi connectivity index (χ3v) is 6.75. The maximum Gasteiger partial charge on any atom is 0.139 e. The second-order valence-electron chi connectivity index (χ2n) is 7.50. The Hall–Kier alpha value is -1.37. The van der Waals surface area contributed by atoms with E-state index in [9.17, 15) is 4.79 Å². The van der Waals surface area contributed by atoms with Crippen LogP contribution < -0.4 is 0 Å². The molecule has 0 aliphatic heterocycles. The molecule has 1 aromatic rings. The molecule has 1 heteroatoms. The van der Waals surface area contributed by atoms with Crippen LogP contribution in [0.1, 0.15) is 62.0 Å². The van der Waals surface area contributed by atoms with Gasteiger partial charge in [0.05, 0.1) is 0 Å². The van der Waals surface area contributed by atoms with E-state index in [2.05, 4.69) is 43.8 Å². The normalized spacial score (nSPS) is 41.1. The Morgan fingerprint density at radius 2 is 2.00 bits per heavy atom. The van der Waals surface area contributed by atoms with Crippen molar-refractivity contribution in [1.82, 2.24) is 0 Å². The summed E-state index contributed by atoms with van der Waals surface area (Å²) < 4.78 is 0. The highest BCUT2D eigenvalue weighted by Gasteiger charge is 2.55. The van der Waals surface area contributed by atoms with Crippen molar-refractivity contribution in [2.45, 2.75) is 50.9 Å². The topological polar surface area (TPSA) is 17.1 Å². The third kappa shape index (κ3) is 1.73. The fraction of sp³-hybridized carbons (Fsp3) is 0.550. The zero-order valence-corrected chi connectivity index (χ0v) is 12.8. The van der Waals surface area contributed by atoms with Gasteiger partial charge in [-0.2, -0.15) is 0 Å². The monoisotopic (exact) mass is 280 g/mol. The zero-order valence-electron chi connectivity index (χ0n) is 12.8. The lowest BCUT2D eigenvalue weighted by atomic mass is 9.54. The van der Waals surface area contributed by atoms with Crippen LogP contribution in [0, 0.1) is 17.3 Å². The van der Waals surface area contributed by atoms with Crippen molar-refractivity contribution < 1.29 is 4.79 Å². The molecule has 0 amide bonds. The molecule has 5 atom stereocenters. The van der Waals surface area contributed by atoms with Crippen molar-refractivity contribution in [3.63, 3.8) is 0 Å². The van der Waals surface area contributed by atoms with E-state index in [0.717, 1.165) is 19.3 Å². The van der Waals surface area contributed by atoms with Crippen molar-refractivity contribution in [2.24, 2.45) is 17.3 Å². The molecule has 1 nitrogen and oxygen atoms in total. The Kier molecular flexibility index (Phi) is 2.89. The van der Waals surface area contributed by atoms with E-state index in [0.29, 0.717) is 29.5 Å². The number of fused-ring (bicyclic) bond motifs is 5. The fourth-order valence-corrected chi connectivity index (χ4v) is 5.60. The van der Waals surface area contributed by atoms with E-state index in [-0.39, 0.29) is 5.41 Å². The number of hydrogen-bond acceptors (Lipinski definition) is 1. The summed E-state index contributed by atoms with van der Waals surface area (Å²) in [6, 6.07) is 8.93. The van der Waals surface area contributed by atoms with Crippen molar-refractivity contribution in [2.75, 3.05) is 0 Å². The summed E-state index contributed by atoms with van der Waals surface area (Å²) in [4.78, 5) is 12.4. The molecule has 0 N–H and O–H groups in total. The average Bonchev–Trinajstić information content (AvgIpc) is 2.82. The first kappa shape index (κ1) is 13.3. The molecule has 0 aromatic heterocycles. The molecule has 2 fully saturated rings. The van der Waals surface area contributed by atoms with Gasteiger partial charge in [0.1, 0.15) is 5.78 Å². The molecule has 0 spiro atoms. The molecule has 21 heavy (non-hydrogen) atoms. The van der Waals surface area contributed by atoms with Crippen LogP contribution in [0.4, 0.5) is 0 Å². The SMILES string of the molecule is C=CC1C[C@@H]2[C@H](CC[C@]3(C)C(=O)CC[C@@H]23)c2ccccc21. The molecule has 110 valence electrons. The van der Waals surface area contributed by atoms with Gasteiger partial charge in [-0.1, -0.05) is 37.3 Å². The number of benzene rings is 1. The predicted octanol–water partition coefficient (Wildman–Crippen LogP) is 4.84. The van der Waals surface area contributed by atoms with Gasteiger partial charge in [0, 0.05) is 17.8 Å². The summed E-state index contributed by atoms with van der Waals surface area (Å²) in [5.74, 6) is 2.94. The molecule has 0 heterocycles. The Balaban J connectivity index is 1.78. The number of ketones is 1. The standard InChI is InChI=1S/C20H24O/c1-3-13-12-17-16(15-7-5-4-6-14(13)15)10-11-20(2)18(17)8-9-19(20)21/h3-7,13,16-18H,1,8-12H2,2H3/t13?,16-,17-,18+,20+/m1/s1. The second-order valence-corrected chi connectivity index (χ2v) is 7.50. The molecule has 4 rings (SSSR count). The van der Waals surface area contributed by atoms with Crippen LogP contribution in [0.25, 0.3) is 0 Å². The van der Waals surface area contributed by atoms with Gasteiger partial charge in [0.15, 0.2) is 0 Å². The number of carbonyl (C=O) groups excluding carboxylic acids is 1. The molecule has 0 saturated heterocycles. The highest BCUT2D eigenvalue weighted by atomic mass is 16.1. The molecular weight excluding hydrogens is 256 g/mol. The van der Waals surface area contributed by atoms with Crippen molar-refractivity contribution >= 4 is 5.78 Å². The molecule has 0 radical (unpaired) electrons. The van der Waals surface area contributed by atoms with E-state index >= 15 is 0 Å². The molecule has 1 unspecified atom stereocenters. The lowest BCUT2D eigenvalue weighted by Crippen LogP contribution is -2.43. The molecule has 1 aromatic carbocycles. The molecule has 3 aliphatic carbocycles. The first-order valence-corrected chi connectivity index (χ1v) is 8.40. The number of allylic oxidation sites excluding steroid dienone is 1. The van der Waals surface area contributed by atoms with Gasteiger partial charge in [-0.3, -0.25) is 4.79 Å². The number of rotatable bonds is 1. The van der Waals surface area contributed by atoms with Crippen LogP contribution in [-0.4, -0.2) is 5.78 Å². The number of Topliss-reactive ketones (excluding diaryl/α,β-unsaturated/α-hetero) is 1. The van der Waals surface area contributed by atoms with E-state index in [1.54, 1.807) is 5.56 Å². The summed E-state index contributed by atoms with van der Waals surface area (Å²) >= 11 is 0. The maximum absolute atomic E-state index is 12.4. The fourth-order valence-electron chi connectivity index (χ4n) is 5.60. The molecule has 0 bridgehead atoms. The summed E-state index contributed by atoms with van der Waals surface area (Å²) in [5.41, 5.74) is 3.00. The minimum absolute atomic E-state index is 0.0286. The molecule has 2 saturated carbocycles. The van der Waals surface area contributed by atoms with Crippen molar-refractivity contribution in [3.05, 3.63) is 48.0 Å². The van der Waals surface area contributed by atoms with Crippen LogP contribution in [0.15, 0.2) is 36.9 Å². The Morgan fingerprint density at radius 1 is 1.24 bits per heavy atom. The van der Waals surface area contributed by atoms with Crippen LogP contribution in [0.2, 0.25) is 0 Å². The van der Waals surface area contributed by atoms with E-state index in [1.165, 1.54) is 18.4 Å². The Morgan fingerprint density at radius 3 is 2.76 bits per heavy atom. The smallest absolute Gasteiger partial charge is 0.139 e. The highest BCUT2D eigenvalue weighted by Crippen LogP contribution is 2.61. The van der Waals surface area contributed by atoms with Crippen LogP contribution >= 0.6 is 0 Å². The first-order valence-electron chi connectivity index (χ1n) is 8.40. The van der Waals surface area contributed by atoms with Crippen LogP contribution in [0.5, 0.6) is 0 Å². The van der Waals surface area contributed by atoms with Gasteiger partial charge in [0.25, 0.3) is 0 Å². The lowest BCUT2D eigenvalue weighted by molar-refractivity contribution is -0.129. The predicted molar refractivity (Wildman–Crippen MR) is 85.3 cm³/mol.